The van der Waals surface area contributed by atoms with E-state index in [2.05, 4.69) is 10.4 Å². The summed E-state index contributed by atoms with van der Waals surface area (Å²) in [7, 11) is 0. The first-order valence-electron chi connectivity index (χ1n) is 6.24. The number of benzene rings is 1. The zero-order chi connectivity index (χ0) is 13.8. The summed E-state index contributed by atoms with van der Waals surface area (Å²) in [4.78, 5) is 0. The molecular weight excluding hydrogens is 248 g/mol. The van der Waals surface area contributed by atoms with Crippen LogP contribution in [0.25, 0.3) is 0 Å². The van der Waals surface area contributed by atoms with Gasteiger partial charge in [-0.25, -0.2) is 8.78 Å². The summed E-state index contributed by atoms with van der Waals surface area (Å²) in [6.07, 6.45) is 3.58. The molecular formula is C14H17F2N3. The molecule has 0 saturated carbocycles. The molecule has 1 aromatic heterocycles. The molecule has 0 fully saturated rings. The highest BCUT2D eigenvalue weighted by Gasteiger charge is 2.14. The van der Waals surface area contributed by atoms with Crippen LogP contribution in [-0.2, 0) is 6.54 Å². The fourth-order valence-corrected chi connectivity index (χ4v) is 2.10. The van der Waals surface area contributed by atoms with Crippen LogP contribution >= 0.6 is 0 Å². The molecule has 2 unspecified atom stereocenters. The van der Waals surface area contributed by atoms with E-state index in [-0.39, 0.29) is 12.1 Å². The minimum Gasteiger partial charge on any atom is -0.306 e. The smallest absolute Gasteiger partial charge is 0.128 e. The number of hydrogen-bond donors (Lipinski definition) is 1. The lowest BCUT2D eigenvalue weighted by Gasteiger charge is -2.21. The Kier molecular flexibility index (Phi) is 4.27. The van der Waals surface area contributed by atoms with Crippen LogP contribution in [-0.4, -0.2) is 15.8 Å². The molecule has 1 N–H and O–H groups in total. The van der Waals surface area contributed by atoms with Gasteiger partial charge in [0.2, 0.25) is 0 Å². The number of nitrogens with zero attached hydrogens (tertiary/aromatic N) is 2. The van der Waals surface area contributed by atoms with Crippen molar-refractivity contribution in [3.63, 3.8) is 0 Å². The third-order valence-corrected chi connectivity index (χ3v) is 2.98. The van der Waals surface area contributed by atoms with Gasteiger partial charge in [-0.05, 0) is 38.1 Å². The van der Waals surface area contributed by atoms with Gasteiger partial charge in [0.05, 0.1) is 6.54 Å². The predicted molar refractivity (Wildman–Crippen MR) is 69.6 cm³/mol. The quantitative estimate of drug-likeness (QED) is 0.901. The summed E-state index contributed by atoms with van der Waals surface area (Å²) >= 11 is 0. The maximum absolute atomic E-state index is 13.6. The van der Waals surface area contributed by atoms with E-state index in [1.165, 1.54) is 6.07 Å². The standard InChI is InChI=1S/C14H17F2N3/c1-10(9-19-7-3-6-17-19)18-11(2)13-8-12(15)4-5-14(13)16/h3-8,10-11,18H,9H2,1-2H3. The lowest BCUT2D eigenvalue weighted by molar-refractivity contribution is 0.404. The fourth-order valence-electron chi connectivity index (χ4n) is 2.10. The molecule has 2 atom stereocenters. The van der Waals surface area contributed by atoms with E-state index in [9.17, 15) is 8.78 Å². The average molecular weight is 265 g/mol. The van der Waals surface area contributed by atoms with Crippen LogP contribution in [0.1, 0.15) is 25.5 Å². The van der Waals surface area contributed by atoms with E-state index in [4.69, 9.17) is 0 Å². The molecule has 0 spiro atoms. The van der Waals surface area contributed by atoms with E-state index >= 15 is 0 Å². The SMILES string of the molecule is CC(Cn1cccn1)NC(C)c1cc(F)ccc1F. The van der Waals surface area contributed by atoms with Crippen molar-refractivity contribution in [2.45, 2.75) is 32.5 Å². The second-order valence-electron chi connectivity index (χ2n) is 4.68. The molecule has 102 valence electrons. The Morgan fingerprint density at radius 3 is 2.79 bits per heavy atom. The molecule has 2 rings (SSSR count). The molecule has 19 heavy (non-hydrogen) atoms. The first-order chi connectivity index (χ1) is 9.06. The highest BCUT2D eigenvalue weighted by atomic mass is 19.1. The third-order valence-electron chi connectivity index (χ3n) is 2.98. The number of rotatable bonds is 5. The Labute approximate surface area is 111 Å². The molecule has 0 radical (unpaired) electrons. The van der Waals surface area contributed by atoms with Crippen molar-refractivity contribution in [3.8, 4) is 0 Å². The number of halogens is 2. The van der Waals surface area contributed by atoms with Crippen molar-refractivity contribution in [2.24, 2.45) is 0 Å². The zero-order valence-corrected chi connectivity index (χ0v) is 11.0. The predicted octanol–water partition coefficient (Wildman–Crippen LogP) is 2.90. The Hall–Kier alpha value is -1.75. The van der Waals surface area contributed by atoms with Gasteiger partial charge in [-0.3, -0.25) is 4.68 Å². The molecule has 1 aromatic carbocycles. The lowest BCUT2D eigenvalue weighted by atomic mass is 10.1. The van der Waals surface area contributed by atoms with Crippen LogP contribution in [0.5, 0.6) is 0 Å². The molecule has 0 saturated heterocycles. The summed E-state index contributed by atoms with van der Waals surface area (Å²) in [5, 5.41) is 7.35. The van der Waals surface area contributed by atoms with E-state index in [0.717, 1.165) is 12.1 Å². The van der Waals surface area contributed by atoms with Gasteiger partial charge in [-0.15, -0.1) is 0 Å². The summed E-state index contributed by atoms with van der Waals surface area (Å²) in [6, 6.07) is 5.19. The van der Waals surface area contributed by atoms with Gasteiger partial charge in [0.1, 0.15) is 11.6 Å². The minimum atomic E-state index is -0.426. The van der Waals surface area contributed by atoms with Gasteiger partial charge in [-0.2, -0.15) is 5.10 Å². The number of hydrogen-bond acceptors (Lipinski definition) is 2. The summed E-state index contributed by atoms with van der Waals surface area (Å²) in [5.41, 5.74) is 0.340. The number of aromatic nitrogens is 2. The molecule has 1 heterocycles. The molecule has 0 amide bonds. The fraction of sp³-hybridized carbons (Fsp3) is 0.357. The Morgan fingerprint density at radius 1 is 1.32 bits per heavy atom. The van der Waals surface area contributed by atoms with Gasteiger partial charge in [0.15, 0.2) is 0 Å². The van der Waals surface area contributed by atoms with Gasteiger partial charge >= 0.3 is 0 Å². The van der Waals surface area contributed by atoms with Crippen molar-refractivity contribution >= 4 is 0 Å². The Morgan fingerprint density at radius 2 is 2.11 bits per heavy atom. The summed E-state index contributed by atoms with van der Waals surface area (Å²) in [5.74, 6) is -0.822. The van der Waals surface area contributed by atoms with Crippen molar-refractivity contribution < 1.29 is 8.78 Å². The topological polar surface area (TPSA) is 29.9 Å². The molecule has 0 aliphatic heterocycles. The van der Waals surface area contributed by atoms with Crippen LogP contribution in [0.2, 0.25) is 0 Å². The van der Waals surface area contributed by atoms with Crippen LogP contribution in [0.3, 0.4) is 0 Å². The van der Waals surface area contributed by atoms with Crippen molar-refractivity contribution in [2.75, 3.05) is 0 Å². The molecule has 0 aliphatic rings. The van der Waals surface area contributed by atoms with Crippen molar-refractivity contribution in [3.05, 3.63) is 53.9 Å². The van der Waals surface area contributed by atoms with Crippen LogP contribution < -0.4 is 5.32 Å². The van der Waals surface area contributed by atoms with Crippen LogP contribution in [0.4, 0.5) is 8.78 Å². The largest absolute Gasteiger partial charge is 0.306 e. The highest BCUT2D eigenvalue weighted by Crippen LogP contribution is 2.18. The molecule has 5 heteroatoms. The first-order valence-corrected chi connectivity index (χ1v) is 6.24. The van der Waals surface area contributed by atoms with Crippen LogP contribution in [0.15, 0.2) is 36.7 Å². The molecule has 0 bridgehead atoms. The normalized spacial score (nSPS) is 14.3. The summed E-state index contributed by atoms with van der Waals surface area (Å²) < 4.78 is 28.6. The first kappa shape index (κ1) is 13.7. The van der Waals surface area contributed by atoms with E-state index < -0.39 is 11.6 Å². The maximum Gasteiger partial charge on any atom is 0.128 e. The van der Waals surface area contributed by atoms with E-state index in [1.54, 1.807) is 10.9 Å². The maximum atomic E-state index is 13.6. The monoisotopic (exact) mass is 265 g/mol. The van der Waals surface area contributed by atoms with Gasteiger partial charge in [0.25, 0.3) is 0 Å². The molecule has 2 aromatic rings. The van der Waals surface area contributed by atoms with Crippen LogP contribution in [0, 0.1) is 11.6 Å². The Balaban J connectivity index is 2.00. The second-order valence-corrected chi connectivity index (χ2v) is 4.68. The zero-order valence-electron chi connectivity index (χ0n) is 11.0. The average Bonchev–Trinajstić information content (AvgIpc) is 2.84. The molecule has 3 nitrogen and oxygen atoms in total. The lowest BCUT2D eigenvalue weighted by Crippen LogP contribution is -2.33. The third kappa shape index (κ3) is 3.61. The van der Waals surface area contributed by atoms with Crippen molar-refractivity contribution in [1.82, 2.24) is 15.1 Å². The Bertz CT molecular complexity index is 525. The van der Waals surface area contributed by atoms with E-state index in [0.29, 0.717) is 12.1 Å². The minimum absolute atomic E-state index is 0.0950. The highest BCUT2D eigenvalue weighted by molar-refractivity contribution is 5.21. The van der Waals surface area contributed by atoms with Gasteiger partial charge in [0, 0.05) is 30.0 Å². The number of nitrogens with one attached hydrogen (secondary N) is 1. The summed E-state index contributed by atoms with van der Waals surface area (Å²) in [6.45, 7) is 4.47. The van der Waals surface area contributed by atoms with E-state index in [1.807, 2.05) is 26.1 Å². The van der Waals surface area contributed by atoms with Gasteiger partial charge in [-0.1, -0.05) is 0 Å². The molecule has 0 aliphatic carbocycles. The second kappa shape index (κ2) is 5.93. The van der Waals surface area contributed by atoms with Crippen molar-refractivity contribution in [1.29, 1.82) is 0 Å². The van der Waals surface area contributed by atoms with Gasteiger partial charge < -0.3 is 5.32 Å².